The molecule has 0 fully saturated rings. The zero-order chi connectivity index (χ0) is 35.8. The molecule has 252 valence electrons. The minimum atomic E-state index is 0.832. The van der Waals surface area contributed by atoms with E-state index in [-0.39, 0.29) is 0 Å². The van der Waals surface area contributed by atoms with Gasteiger partial charge >= 0.3 is 0 Å². The van der Waals surface area contributed by atoms with Crippen molar-refractivity contribution in [1.82, 2.24) is 19.9 Å². The van der Waals surface area contributed by atoms with Gasteiger partial charge in [0, 0.05) is 47.0 Å². The number of pyridine rings is 2. The van der Waals surface area contributed by atoms with E-state index in [1.165, 1.54) is 21.5 Å². The average molecular weight is 689 g/mol. The van der Waals surface area contributed by atoms with Crippen LogP contribution in [0.15, 0.2) is 195 Å². The standard InChI is InChI=1S/C50H32N4/c1-3-7-41-31-43(19-13-33(41)5-1)45-21-22-46(44-20-14-34-6-2-4-8-42(34)32-44)50-49(45)53-47(39-15-9-35(10-16-39)37-23-27-51-28-24-37)48(54-50)40-17-11-36(12-18-40)38-25-29-52-30-26-38/h1-32H. The molecule has 0 aliphatic heterocycles. The summed E-state index contributed by atoms with van der Waals surface area (Å²) in [6, 6.07) is 60.1. The number of benzene rings is 7. The summed E-state index contributed by atoms with van der Waals surface area (Å²) in [7, 11) is 0. The summed E-state index contributed by atoms with van der Waals surface area (Å²) in [5.74, 6) is 0. The number of hydrogen-bond acceptors (Lipinski definition) is 4. The number of hydrogen-bond donors (Lipinski definition) is 0. The first-order valence-electron chi connectivity index (χ1n) is 18.1. The monoisotopic (exact) mass is 688 g/mol. The summed E-state index contributed by atoms with van der Waals surface area (Å²) in [5, 5.41) is 4.79. The maximum Gasteiger partial charge on any atom is 0.0979 e. The van der Waals surface area contributed by atoms with Gasteiger partial charge in [-0.25, -0.2) is 9.97 Å². The molecule has 4 heteroatoms. The van der Waals surface area contributed by atoms with Crippen molar-refractivity contribution < 1.29 is 0 Å². The highest BCUT2D eigenvalue weighted by Crippen LogP contribution is 2.40. The SMILES string of the molecule is c1ccc2cc(-c3ccc(-c4ccc5ccccc5c4)c4nc(-c5ccc(-c6ccncc6)cc5)c(-c5ccc(-c6ccncc6)cc5)nc34)ccc2c1. The largest absolute Gasteiger partial charge is 0.265 e. The topological polar surface area (TPSA) is 51.6 Å². The lowest BCUT2D eigenvalue weighted by molar-refractivity contribution is 1.29. The van der Waals surface area contributed by atoms with Crippen LogP contribution in [-0.2, 0) is 0 Å². The third-order valence-electron chi connectivity index (χ3n) is 10.3. The third kappa shape index (κ3) is 5.76. The summed E-state index contributed by atoms with van der Waals surface area (Å²) < 4.78 is 0. The van der Waals surface area contributed by atoms with Gasteiger partial charge in [0.05, 0.1) is 22.4 Å². The quantitative estimate of drug-likeness (QED) is 0.174. The molecule has 0 N–H and O–H groups in total. The molecule has 0 amide bonds. The molecular weight excluding hydrogens is 657 g/mol. The summed E-state index contributed by atoms with van der Waals surface area (Å²) in [5.41, 5.74) is 14.1. The summed E-state index contributed by atoms with van der Waals surface area (Å²) >= 11 is 0. The van der Waals surface area contributed by atoms with Gasteiger partial charge in [0.15, 0.2) is 0 Å². The predicted molar refractivity (Wildman–Crippen MR) is 223 cm³/mol. The number of fused-ring (bicyclic) bond motifs is 3. The lowest BCUT2D eigenvalue weighted by Crippen LogP contribution is -1.99. The van der Waals surface area contributed by atoms with E-state index in [1.807, 2.05) is 49.1 Å². The Labute approximate surface area is 313 Å². The maximum atomic E-state index is 5.63. The van der Waals surface area contributed by atoms with E-state index >= 15 is 0 Å². The maximum absolute atomic E-state index is 5.63. The van der Waals surface area contributed by atoms with E-state index in [2.05, 4.69) is 156 Å². The van der Waals surface area contributed by atoms with E-state index in [1.54, 1.807) is 0 Å². The highest BCUT2D eigenvalue weighted by atomic mass is 14.8. The number of nitrogens with zero attached hydrogens (tertiary/aromatic N) is 4. The van der Waals surface area contributed by atoms with Crippen LogP contribution in [0, 0.1) is 0 Å². The molecule has 0 bridgehead atoms. The smallest absolute Gasteiger partial charge is 0.0979 e. The van der Waals surface area contributed by atoms with Gasteiger partial charge in [0.1, 0.15) is 0 Å². The normalized spacial score (nSPS) is 11.3. The first-order chi connectivity index (χ1) is 26.7. The van der Waals surface area contributed by atoms with Crippen molar-refractivity contribution in [3.05, 3.63) is 195 Å². The van der Waals surface area contributed by atoms with Crippen LogP contribution in [0.2, 0.25) is 0 Å². The molecule has 54 heavy (non-hydrogen) atoms. The van der Waals surface area contributed by atoms with Crippen molar-refractivity contribution >= 4 is 32.6 Å². The Morgan fingerprint density at radius 3 is 1.00 bits per heavy atom. The fourth-order valence-corrected chi connectivity index (χ4v) is 7.45. The van der Waals surface area contributed by atoms with Crippen molar-refractivity contribution in [3.8, 4) is 67.0 Å². The summed E-state index contributed by atoms with van der Waals surface area (Å²) in [6.45, 7) is 0. The van der Waals surface area contributed by atoms with Crippen LogP contribution in [0.1, 0.15) is 0 Å². The van der Waals surface area contributed by atoms with Crippen molar-refractivity contribution in [2.45, 2.75) is 0 Å². The molecule has 0 saturated carbocycles. The molecule has 10 rings (SSSR count). The Kier molecular flexibility index (Phi) is 7.77. The fraction of sp³-hybridized carbons (Fsp3) is 0. The predicted octanol–water partition coefficient (Wildman–Crippen LogP) is 12.7. The molecule has 7 aromatic carbocycles. The van der Waals surface area contributed by atoms with Gasteiger partial charge in [-0.2, -0.15) is 0 Å². The van der Waals surface area contributed by atoms with Crippen LogP contribution in [-0.4, -0.2) is 19.9 Å². The molecule has 0 aliphatic rings. The Balaban J connectivity index is 1.23. The molecule has 3 heterocycles. The van der Waals surface area contributed by atoms with Crippen molar-refractivity contribution in [1.29, 1.82) is 0 Å². The second kappa shape index (κ2) is 13.4. The van der Waals surface area contributed by atoms with E-state index in [0.29, 0.717) is 0 Å². The summed E-state index contributed by atoms with van der Waals surface area (Å²) in [4.78, 5) is 19.7. The first-order valence-corrected chi connectivity index (χ1v) is 18.1. The van der Waals surface area contributed by atoms with Crippen molar-refractivity contribution in [3.63, 3.8) is 0 Å². The van der Waals surface area contributed by atoms with Gasteiger partial charge in [0.2, 0.25) is 0 Å². The second-order valence-corrected chi connectivity index (χ2v) is 13.5. The molecular formula is C50H32N4. The van der Waals surface area contributed by atoms with Crippen LogP contribution in [0.3, 0.4) is 0 Å². The van der Waals surface area contributed by atoms with Gasteiger partial charge in [-0.1, -0.05) is 133 Å². The Morgan fingerprint density at radius 2 is 0.593 bits per heavy atom. The number of rotatable bonds is 6. The van der Waals surface area contributed by atoms with E-state index in [4.69, 9.17) is 9.97 Å². The zero-order valence-corrected chi connectivity index (χ0v) is 29.3. The van der Waals surface area contributed by atoms with E-state index in [0.717, 1.165) is 78.1 Å². The van der Waals surface area contributed by atoms with Gasteiger partial charge in [-0.05, 0) is 91.3 Å². The molecule has 0 atom stereocenters. The number of aromatic nitrogens is 4. The lowest BCUT2D eigenvalue weighted by Gasteiger charge is -2.17. The van der Waals surface area contributed by atoms with Crippen LogP contribution in [0.4, 0.5) is 0 Å². The third-order valence-corrected chi connectivity index (χ3v) is 10.3. The molecule has 4 nitrogen and oxygen atoms in total. The molecule has 0 saturated heterocycles. The van der Waals surface area contributed by atoms with Crippen LogP contribution in [0.5, 0.6) is 0 Å². The molecule has 0 aliphatic carbocycles. The fourth-order valence-electron chi connectivity index (χ4n) is 7.45. The molecule has 3 aromatic heterocycles. The minimum absolute atomic E-state index is 0.832. The molecule has 0 radical (unpaired) electrons. The van der Waals surface area contributed by atoms with Crippen LogP contribution >= 0.6 is 0 Å². The molecule has 0 spiro atoms. The minimum Gasteiger partial charge on any atom is -0.265 e. The second-order valence-electron chi connectivity index (χ2n) is 13.5. The highest BCUT2D eigenvalue weighted by molar-refractivity contribution is 6.05. The Hall–Kier alpha value is -7.30. The van der Waals surface area contributed by atoms with Gasteiger partial charge in [-0.3, -0.25) is 9.97 Å². The van der Waals surface area contributed by atoms with Crippen LogP contribution in [0.25, 0.3) is 99.6 Å². The highest BCUT2D eigenvalue weighted by Gasteiger charge is 2.20. The summed E-state index contributed by atoms with van der Waals surface area (Å²) in [6.07, 6.45) is 7.31. The first kappa shape index (κ1) is 31.4. The molecule has 0 unspecified atom stereocenters. The lowest BCUT2D eigenvalue weighted by atomic mass is 9.93. The average Bonchev–Trinajstić information content (AvgIpc) is 3.26. The van der Waals surface area contributed by atoms with Gasteiger partial charge in [0.25, 0.3) is 0 Å². The zero-order valence-electron chi connectivity index (χ0n) is 29.3. The van der Waals surface area contributed by atoms with Gasteiger partial charge < -0.3 is 0 Å². The Morgan fingerprint density at radius 1 is 0.259 bits per heavy atom. The van der Waals surface area contributed by atoms with E-state index < -0.39 is 0 Å². The molecule has 10 aromatic rings. The van der Waals surface area contributed by atoms with Crippen molar-refractivity contribution in [2.75, 3.05) is 0 Å². The Bertz CT molecular complexity index is 2750. The van der Waals surface area contributed by atoms with Crippen molar-refractivity contribution in [2.24, 2.45) is 0 Å². The van der Waals surface area contributed by atoms with Crippen LogP contribution < -0.4 is 0 Å². The van der Waals surface area contributed by atoms with E-state index in [9.17, 15) is 0 Å². The van der Waals surface area contributed by atoms with Gasteiger partial charge in [-0.15, -0.1) is 0 Å².